The molecule has 0 amide bonds. The summed E-state index contributed by atoms with van der Waals surface area (Å²) in [6.07, 6.45) is 20.0. The Hall–Kier alpha value is -2.49. The molecule has 1 aliphatic carbocycles. The second kappa shape index (κ2) is 12.4. The Morgan fingerprint density at radius 2 is 1.74 bits per heavy atom. The smallest absolute Gasteiger partial charge is 0.327 e. The highest BCUT2D eigenvalue weighted by Crippen LogP contribution is 2.38. The average Bonchev–Trinajstić information content (AvgIpc) is 2.80. The van der Waals surface area contributed by atoms with Gasteiger partial charge in [0.05, 0.1) is 0 Å². The van der Waals surface area contributed by atoms with Crippen LogP contribution in [0.4, 0.5) is 0 Å². The van der Waals surface area contributed by atoms with Crippen molar-refractivity contribution in [2.75, 3.05) is 0 Å². The molecule has 1 saturated carbocycles. The molecule has 0 bridgehead atoms. The fourth-order valence-corrected chi connectivity index (χ4v) is 4.61. The number of benzene rings is 1. The molecular formula is C27H36N2O2. The van der Waals surface area contributed by atoms with Gasteiger partial charge in [0.2, 0.25) is 0 Å². The van der Waals surface area contributed by atoms with Gasteiger partial charge in [-0.3, -0.25) is 0 Å². The van der Waals surface area contributed by atoms with E-state index in [4.69, 9.17) is 5.11 Å². The van der Waals surface area contributed by atoms with Gasteiger partial charge in [-0.2, -0.15) is 0 Å². The van der Waals surface area contributed by atoms with Crippen molar-refractivity contribution >= 4 is 5.97 Å². The summed E-state index contributed by atoms with van der Waals surface area (Å²) in [6.45, 7) is 2.22. The third kappa shape index (κ3) is 7.61. The van der Waals surface area contributed by atoms with Crippen molar-refractivity contribution in [3.8, 4) is 11.4 Å². The zero-order valence-electron chi connectivity index (χ0n) is 18.8. The predicted octanol–water partition coefficient (Wildman–Crippen LogP) is 6.96. The molecule has 0 atom stereocenters. The molecule has 0 saturated heterocycles. The van der Waals surface area contributed by atoms with E-state index in [1.54, 1.807) is 6.08 Å². The first kappa shape index (κ1) is 23.2. The second-order valence-corrected chi connectivity index (χ2v) is 8.88. The molecule has 1 heterocycles. The second-order valence-electron chi connectivity index (χ2n) is 8.88. The topological polar surface area (TPSA) is 63.1 Å². The molecule has 4 nitrogen and oxygen atoms in total. The first-order chi connectivity index (χ1) is 15.2. The van der Waals surface area contributed by atoms with Crippen LogP contribution >= 0.6 is 0 Å². The van der Waals surface area contributed by atoms with Crippen LogP contribution in [0.15, 0.2) is 48.8 Å². The summed E-state index contributed by atoms with van der Waals surface area (Å²) in [5, 5.41) is 8.63. The molecule has 1 aromatic carbocycles. The summed E-state index contributed by atoms with van der Waals surface area (Å²) < 4.78 is 0. The number of unbranched alkanes of at least 4 members (excludes halogenated alkanes) is 3. The molecule has 0 aliphatic heterocycles. The maximum atomic E-state index is 10.5. The molecule has 2 aromatic rings. The molecule has 0 radical (unpaired) electrons. The molecule has 1 aliphatic rings. The largest absolute Gasteiger partial charge is 0.478 e. The Bertz CT molecular complexity index is 819. The summed E-state index contributed by atoms with van der Waals surface area (Å²) in [4.78, 5) is 19.7. The number of hydrogen-bond donors (Lipinski definition) is 1. The van der Waals surface area contributed by atoms with Crippen LogP contribution in [0.2, 0.25) is 0 Å². The van der Waals surface area contributed by atoms with Gasteiger partial charge in [0, 0.05) is 24.0 Å². The van der Waals surface area contributed by atoms with Crippen LogP contribution in [0.1, 0.15) is 88.2 Å². The van der Waals surface area contributed by atoms with E-state index in [1.807, 2.05) is 12.4 Å². The fraction of sp³-hybridized carbons (Fsp3) is 0.519. The predicted molar refractivity (Wildman–Crippen MR) is 126 cm³/mol. The number of allylic oxidation sites excluding steroid dienone is 1. The van der Waals surface area contributed by atoms with E-state index in [-0.39, 0.29) is 0 Å². The summed E-state index contributed by atoms with van der Waals surface area (Å²) in [7, 11) is 0. The Morgan fingerprint density at radius 1 is 1.03 bits per heavy atom. The fourth-order valence-electron chi connectivity index (χ4n) is 4.61. The summed E-state index contributed by atoms with van der Waals surface area (Å²) >= 11 is 0. The quantitative estimate of drug-likeness (QED) is 0.315. The molecule has 4 heteroatoms. The van der Waals surface area contributed by atoms with Crippen molar-refractivity contribution in [1.82, 2.24) is 9.97 Å². The van der Waals surface area contributed by atoms with Crippen LogP contribution in [0.5, 0.6) is 0 Å². The van der Waals surface area contributed by atoms with E-state index in [0.29, 0.717) is 5.92 Å². The third-order valence-corrected chi connectivity index (χ3v) is 6.50. The maximum absolute atomic E-state index is 10.5. The van der Waals surface area contributed by atoms with Gasteiger partial charge in [-0.1, -0.05) is 56.5 Å². The highest BCUT2D eigenvalue weighted by molar-refractivity contribution is 5.79. The summed E-state index contributed by atoms with van der Waals surface area (Å²) in [5.41, 5.74) is 3.75. The zero-order chi connectivity index (χ0) is 21.9. The molecule has 0 spiro atoms. The van der Waals surface area contributed by atoms with Gasteiger partial charge in [-0.05, 0) is 74.3 Å². The highest BCUT2D eigenvalue weighted by Gasteiger charge is 2.22. The lowest BCUT2D eigenvalue weighted by molar-refractivity contribution is -0.131. The van der Waals surface area contributed by atoms with Crippen molar-refractivity contribution < 1.29 is 9.90 Å². The van der Waals surface area contributed by atoms with E-state index in [1.165, 1.54) is 68.6 Å². The highest BCUT2D eigenvalue weighted by atomic mass is 16.4. The Balaban J connectivity index is 1.45. The van der Waals surface area contributed by atoms with Crippen molar-refractivity contribution in [2.24, 2.45) is 5.92 Å². The number of carboxylic acid groups (broad SMARTS) is 1. The van der Waals surface area contributed by atoms with E-state index < -0.39 is 5.97 Å². The first-order valence-electron chi connectivity index (χ1n) is 12.0. The Labute approximate surface area is 186 Å². The maximum Gasteiger partial charge on any atom is 0.327 e. The van der Waals surface area contributed by atoms with Crippen LogP contribution in [0.25, 0.3) is 11.4 Å². The van der Waals surface area contributed by atoms with E-state index in [9.17, 15) is 4.79 Å². The van der Waals surface area contributed by atoms with Crippen LogP contribution < -0.4 is 0 Å². The minimum absolute atomic E-state index is 0.652. The van der Waals surface area contributed by atoms with Gasteiger partial charge in [0.15, 0.2) is 5.82 Å². The average molecular weight is 421 g/mol. The third-order valence-electron chi connectivity index (χ3n) is 6.50. The van der Waals surface area contributed by atoms with Gasteiger partial charge < -0.3 is 5.11 Å². The lowest BCUT2D eigenvalue weighted by atomic mass is 9.77. The van der Waals surface area contributed by atoms with Gasteiger partial charge in [0.1, 0.15) is 0 Å². The van der Waals surface area contributed by atoms with Gasteiger partial charge in [0.25, 0.3) is 0 Å². The van der Waals surface area contributed by atoms with Crippen molar-refractivity contribution in [2.45, 2.75) is 83.5 Å². The summed E-state index contributed by atoms with van der Waals surface area (Å²) in [6, 6.07) is 8.86. The van der Waals surface area contributed by atoms with Crippen molar-refractivity contribution in [3.63, 3.8) is 0 Å². The number of nitrogens with zero attached hydrogens (tertiary/aromatic N) is 2. The van der Waals surface area contributed by atoms with Gasteiger partial charge in [-0.25, -0.2) is 14.8 Å². The van der Waals surface area contributed by atoms with Crippen LogP contribution in [-0.2, 0) is 11.2 Å². The SMILES string of the molecule is CCCCCc1cnc(-c2ccc(C3CCC(CCC/C=C/C(=O)O)CC3)cc2)nc1. The number of aryl methyl sites for hydroxylation is 1. The molecular weight excluding hydrogens is 384 g/mol. The molecule has 1 N–H and O–H groups in total. The molecule has 1 fully saturated rings. The van der Waals surface area contributed by atoms with Crippen LogP contribution in [0, 0.1) is 5.92 Å². The van der Waals surface area contributed by atoms with Crippen molar-refractivity contribution in [3.05, 3.63) is 59.9 Å². The number of aliphatic carboxylic acids is 1. The lowest BCUT2D eigenvalue weighted by Gasteiger charge is -2.29. The minimum Gasteiger partial charge on any atom is -0.478 e. The number of hydrogen-bond acceptors (Lipinski definition) is 3. The van der Waals surface area contributed by atoms with Crippen LogP contribution in [0.3, 0.4) is 0 Å². The number of rotatable bonds is 11. The number of carbonyl (C=O) groups is 1. The number of carboxylic acids is 1. The molecule has 31 heavy (non-hydrogen) atoms. The number of aromatic nitrogens is 2. The summed E-state index contributed by atoms with van der Waals surface area (Å²) in [5.74, 6) is 1.40. The molecule has 166 valence electrons. The van der Waals surface area contributed by atoms with E-state index in [2.05, 4.69) is 41.2 Å². The first-order valence-corrected chi connectivity index (χ1v) is 12.0. The zero-order valence-corrected chi connectivity index (χ0v) is 18.8. The van der Waals surface area contributed by atoms with E-state index >= 15 is 0 Å². The molecule has 0 unspecified atom stereocenters. The van der Waals surface area contributed by atoms with E-state index in [0.717, 1.165) is 36.6 Å². The molecule has 3 rings (SSSR count). The lowest BCUT2D eigenvalue weighted by Crippen LogP contribution is -2.13. The van der Waals surface area contributed by atoms with Gasteiger partial charge >= 0.3 is 5.97 Å². The Morgan fingerprint density at radius 3 is 2.39 bits per heavy atom. The standard InChI is InChI=1S/C27H36N2O2/c1-2-3-5-9-22-19-28-27(29-20-22)25-17-15-24(16-18-25)23-13-11-21(12-14-23)8-6-4-7-10-26(30)31/h7,10,15-21,23H,2-6,8-9,11-14H2,1H3,(H,30,31)/b10-7+. The van der Waals surface area contributed by atoms with Gasteiger partial charge in [-0.15, -0.1) is 0 Å². The monoisotopic (exact) mass is 420 g/mol. The van der Waals surface area contributed by atoms with Crippen molar-refractivity contribution in [1.29, 1.82) is 0 Å². The van der Waals surface area contributed by atoms with Crippen LogP contribution in [-0.4, -0.2) is 21.0 Å². The molecule has 1 aromatic heterocycles. The minimum atomic E-state index is -0.850. The Kier molecular flexibility index (Phi) is 9.26. The normalized spacial score (nSPS) is 19.0.